The van der Waals surface area contributed by atoms with E-state index in [9.17, 15) is 4.79 Å². The number of amides is 1. The molecule has 108 valence electrons. The van der Waals surface area contributed by atoms with Crippen molar-refractivity contribution >= 4 is 18.3 Å². The summed E-state index contributed by atoms with van der Waals surface area (Å²) in [5.74, 6) is 0.673. The Morgan fingerprint density at radius 1 is 1.58 bits per heavy atom. The van der Waals surface area contributed by atoms with Gasteiger partial charge in [0.25, 0.3) is 5.91 Å². The highest BCUT2D eigenvalue weighted by Crippen LogP contribution is 2.21. The molecule has 0 aliphatic carbocycles. The number of rotatable bonds is 3. The minimum Gasteiger partial charge on any atom is -0.338 e. The van der Waals surface area contributed by atoms with Gasteiger partial charge in [0.05, 0.1) is 11.8 Å². The Kier molecular flexibility index (Phi) is 5.82. The zero-order valence-electron chi connectivity index (χ0n) is 11.6. The number of nitrogens with zero attached hydrogens (tertiary/aromatic N) is 3. The van der Waals surface area contributed by atoms with Crippen LogP contribution in [-0.4, -0.2) is 40.2 Å². The molecule has 0 spiro atoms. The molecular weight excluding hydrogens is 264 g/mol. The summed E-state index contributed by atoms with van der Waals surface area (Å²) in [5, 5.41) is 4.14. The first-order valence-electron chi connectivity index (χ1n) is 6.61. The van der Waals surface area contributed by atoms with Crippen molar-refractivity contribution in [2.75, 3.05) is 19.6 Å². The predicted octanol–water partition coefficient (Wildman–Crippen LogP) is 1.35. The molecule has 2 rings (SSSR count). The quantitative estimate of drug-likeness (QED) is 0.912. The molecule has 1 atom stereocenters. The van der Waals surface area contributed by atoms with Gasteiger partial charge in [-0.2, -0.15) is 5.10 Å². The third-order valence-corrected chi connectivity index (χ3v) is 3.85. The van der Waals surface area contributed by atoms with Crippen LogP contribution in [0.1, 0.15) is 35.3 Å². The van der Waals surface area contributed by atoms with Gasteiger partial charge in [0.15, 0.2) is 0 Å². The zero-order chi connectivity index (χ0) is 13.1. The van der Waals surface area contributed by atoms with Crippen molar-refractivity contribution in [2.45, 2.75) is 26.2 Å². The monoisotopic (exact) mass is 286 g/mol. The third-order valence-electron chi connectivity index (χ3n) is 3.85. The van der Waals surface area contributed by atoms with Crippen molar-refractivity contribution in [2.24, 2.45) is 18.7 Å². The number of carbonyl (C=O) groups is 1. The molecule has 0 bridgehead atoms. The fourth-order valence-corrected chi connectivity index (χ4v) is 2.60. The molecule has 5 nitrogen and oxygen atoms in total. The maximum atomic E-state index is 12.4. The second-order valence-corrected chi connectivity index (χ2v) is 5.10. The lowest BCUT2D eigenvalue weighted by molar-refractivity contribution is 0.0668. The van der Waals surface area contributed by atoms with Gasteiger partial charge in [-0.3, -0.25) is 9.48 Å². The van der Waals surface area contributed by atoms with E-state index >= 15 is 0 Å². The summed E-state index contributed by atoms with van der Waals surface area (Å²) >= 11 is 0. The molecule has 2 heterocycles. The highest BCUT2D eigenvalue weighted by molar-refractivity contribution is 5.95. The van der Waals surface area contributed by atoms with Gasteiger partial charge in [0, 0.05) is 25.8 Å². The van der Waals surface area contributed by atoms with E-state index in [4.69, 9.17) is 5.73 Å². The lowest BCUT2D eigenvalue weighted by atomic mass is 9.94. The fraction of sp³-hybridized carbons (Fsp3) is 0.692. The number of nitrogens with two attached hydrogens (primary N) is 1. The van der Waals surface area contributed by atoms with E-state index in [0.717, 1.165) is 37.2 Å². The third kappa shape index (κ3) is 3.48. The topological polar surface area (TPSA) is 64.2 Å². The van der Waals surface area contributed by atoms with Gasteiger partial charge in [-0.05, 0) is 38.6 Å². The van der Waals surface area contributed by atoms with Gasteiger partial charge in [-0.15, -0.1) is 12.4 Å². The van der Waals surface area contributed by atoms with Crippen molar-refractivity contribution in [3.63, 3.8) is 0 Å². The van der Waals surface area contributed by atoms with Crippen molar-refractivity contribution in [3.05, 3.63) is 17.5 Å². The molecule has 0 radical (unpaired) electrons. The largest absolute Gasteiger partial charge is 0.338 e. The van der Waals surface area contributed by atoms with Crippen LogP contribution in [0.15, 0.2) is 6.20 Å². The van der Waals surface area contributed by atoms with Crippen molar-refractivity contribution in [1.82, 2.24) is 14.7 Å². The summed E-state index contributed by atoms with van der Waals surface area (Å²) in [4.78, 5) is 14.4. The molecular formula is C13H23ClN4O. The normalized spacial score (nSPS) is 19.1. The molecule has 1 aromatic rings. The van der Waals surface area contributed by atoms with Gasteiger partial charge in [-0.25, -0.2) is 0 Å². The minimum absolute atomic E-state index is 0. The van der Waals surface area contributed by atoms with Crippen molar-refractivity contribution < 1.29 is 4.79 Å². The van der Waals surface area contributed by atoms with Gasteiger partial charge < -0.3 is 10.6 Å². The molecule has 0 aromatic carbocycles. The maximum absolute atomic E-state index is 12.4. The number of hydrogen-bond acceptors (Lipinski definition) is 3. The summed E-state index contributed by atoms with van der Waals surface area (Å²) in [6.07, 6.45) is 4.95. The zero-order valence-corrected chi connectivity index (χ0v) is 12.4. The van der Waals surface area contributed by atoms with Crippen LogP contribution in [0.25, 0.3) is 0 Å². The number of likely N-dealkylation sites (tertiary alicyclic amines) is 1. The minimum atomic E-state index is 0. The van der Waals surface area contributed by atoms with Crippen LogP contribution < -0.4 is 5.73 Å². The molecule has 1 aliphatic heterocycles. The average molecular weight is 287 g/mol. The maximum Gasteiger partial charge on any atom is 0.257 e. The molecule has 0 saturated carbocycles. The molecule has 1 fully saturated rings. The van der Waals surface area contributed by atoms with E-state index < -0.39 is 0 Å². The standard InChI is InChI=1S/C13H22N4O.ClH/c1-10-12(8-15-16(10)2)13(18)17-7-3-4-11(9-17)5-6-14;/h8,11H,3-7,9,14H2,1-2H3;1H. The Morgan fingerprint density at radius 2 is 2.32 bits per heavy atom. The lowest BCUT2D eigenvalue weighted by Crippen LogP contribution is -2.40. The number of aryl methyl sites for hydroxylation is 1. The molecule has 19 heavy (non-hydrogen) atoms. The number of aromatic nitrogens is 2. The van der Waals surface area contributed by atoms with Gasteiger partial charge in [0.2, 0.25) is 0 Å². The van der Waals surface area contributed by atoms with E-state index in [1.54, 1.807) is 10.9 Å². The van der Waals surface area contributed by atoms with Crippen molar-refractivity contribution in [1.29, 1.82) is 0 Å². The van der Waals surface area contributed by atoms with Crippen LogP contribution in [0.2, 0.25) is 0 Å². The van der Waals surface area contributed by atoms with Gasteiger partial charge in [-0.1, -0.05) is 0 Å². The summed E-state index contributed by atoms with van der Waals surface area (Å²) in [5.41, 5.74) is 7.26. The summed E-state index contributed by atoms with van der Waals surface area (Å²) < 4.78 is 1.74. The van der Waals surface area contributed by atoms with Crippen molar-refractivity contribution in [3.8, 4) is 0 Å². The van der Waals surface area contributed by atoms with E-state index in [-0.39, 0.29) is 18.3 Å². The summed E-state index contributed by atoms with van der Waals surface area (Å²) in [6, 6.07) is 0. The Balaban J connectivity index is 0.00000180. The van der Waals surface area contributed by atoms with E-state index in [1.807, 2.05) is 18.9 Å². The second kappa shape index (κ2) is 6.91. The number of halogens is 1. The Hall–Kier alpha value is -1.07. The second-order valence-electron chi connectivity index (χ2n) is 5.10. The predicted molar refractivity (Wildman–Crippen MR) is 77.5 cm³/mol. The Labute approximate surface area is 120 Å². The van der Waals surface area contributed by atoms with E-state index in [1.165, 1.54) is 6.42 Å². The first kappa shape index (κ1) is 16.0. The molecule has 6 heteroatoms. The first-order chi connectivity index (χ1) is 8.63. The van der Waals surface area contributed by atoms with Crippen LogP contribution in [0, 0.1) is 12.8 Å². The number of piperidine rings is 1. The van der Waals surface area contributed by atoms with Crippen LogP contribution in [0.5, 0.6) is 0 Å². The molecule has 1 aliphatic rings. The van der Waals surface area contributed by atoms with Crippen LogP contribution in [0.4, 0.5) is 0 Å². The van der Waals surface area contributed by atoms with Crippen LogP contribution >= 0.6 is 12.4 Å². The Bertz CT molecular complexity index is 430. The molecule has 1 aromatic heterocycles. The summed E-state index contributed by atoms with van der Waals surface area (Å²) in [6.45, 7) is 4.33. The highest BCUT2D eigenvalue weighted by atomic mass is 35.5. The molecule has 1 saturated heterocycles. The number of carbonyl (C=O) groups excluding carboxylic acids is 1. The highest BCUT2D eigenvalue weighted by Gasteiger charge is 2.25. The molecule has 1 amide bonds. The van der Waals surface area contributed by atoms with E-state index in [0.29, 0.717) is 12.5 Å². The number of hydrogen-bond donors (Lipinski definition) is 1. The SMILES string of the molecule is Cc1c(C(=O)N2CCCC(CCN)C2)cnn1C.Cl. The summed E-state index contributed by atoms with van der Waals surface area (Å²) in [7, 11) is 1.86. The smallest absolute Gasteiger partial charge is 0.257 e. The van der Waals surface area contributed by atoms with Crippen LogP contribution in [-0.2, 0) is 7.05 Å². The Morgan fingerprint density at radius 3 is 2.89 bits per heavy atom. The molecule has 2 N–H and O–H groups in total. The van der Waals surface area contributed by atoms with Gasteiger partial charge in [0.1, 0.15) is 0 Å². The van der Waals surface area contributed by atoms with Crippen LogP contribution in [0.3, 0.4) is 0 Å². The molecule has 1 unspecified atom stereocenters. The lowest BCUT2D eigenvalue weighted by Gasteiger charge is -2.32. The van der Waals surface area contributed by atoms with Gasteiger partial charge >= 0.3 is 0 Å². The van der Waals surface area contributed by atoms with E-state index in [2.05, 4.69) is 5.10 Å². The first-order valence-corrected chi connectivity index (χ1v) is 6.61. The fourth-order valence-electron chi connectivity index (χ4n) is 2.60. The average Bonchev–Trinajstić information content (AvgIpc) is 2.70.